The molecule has 0 aliphatic carbocycles. The molecule has 0 radical (unpaired) electrons. The molecule has 0 aliphatic heterocycles. The number of nitrogens with zero attached hydrogens (tertiary/aromatic N) is 13. The first kappa shape index (κ1) is 69.7. The number of ether oxygens (including phenoxy) is 1. The molecule has 4 N–H and O–H groups in total. The minimum atomic E-state index is -1.08. The van der Waals surface area contributed by atoms with Gasteiger partial charge in [0, 0.05) is 102 Å². The summed E-state index contributed by atoms with van der Waals surface area (Å²) in [5, 5.41) is 12.0. The highest BCUT2D eigenvalue weighted by Crippen LogP contribution is 2.11. The molecule has 0 unspecified atom stereocenters. The molecule has 0 saturated carbocycles. The summed E-state index contributed by atoms with van der Waals surface area (Å²) in [6.07, 6.45) is 14.7. The number of pyridine rings is 5. The number of carbonyl (C=O) groups is 3. The maximum atomic E-state index is 12.4. The third-order valence-corrected chi connectivity index (χ3v) is 12.8. The van der Waals surface area contributed by atoms with Crippen molar-refractivity contribution in [1.29, 1.82) is 0 Å². The van der Waals surface area contributed by atoms with Crippen LogP contribution in [0.3, 0.4) is 0 Å². The van der Waals surface area contributed by atoms with E-state index in [4.69, 9.17) is 27.2 Å². The molecule has 0 aliphatic rings. The Hall–Kier alpha value is -8.81. The Morgan fingerprint density at radius 1 is 0.581 bits per heavy atom. The number of nitrogens with one attached hydrogen (secondary N) is 1. The number of aliphatic carboxylic acids is 1. The second kappa shape index (κ2) is 33.6. The average Bonchev–Trinajstić information content (AvgIpc) is 4.33. The number of carbonyl (C=O) groups excluding carboxylic acids is 2. The predicted molar refractivity (Wildman–Crippen MR) is 334 cm³/mol. The van der Waals surface area contributed by atoms with Crippen LogP contribution >= 0.6 is 27.5 Å². The summed E-state index contributed by atoms with van der Waals surface area (Å²) in [5.74, 6) is -1.08. The Bertz CT molecular complexity index is 3820. The van der Waals surface area contributed by atoms with Gasteiger partial charge in [0.2, 0.25) is 0 Å². The van der Waals surface area contributed by atoms with Gasteiger partial charge in [0.1, 0.15) is 21.9 Å². The first-order valence-electron chi connectivity index (χ1n) is 27.1. The van der Waals surface area contributed by atoms with Crippen molar-refractivity contribution >= 4 is 67.7 Å². The van der Waals surface area contributed by atoms with Crippen LogP contribution in [0.15, 0.2) is 128 Å². The van der Waals surface area contributed by atoms with Crippen molar-refractivity contribution in [2.45, 2.75) is 106 Å². The molecule has 0 bridgehead atoms. The number of imidazole rings is 2. The summed E-state index contributed by atoms with van der Waals surface area (Å²) in [5.41, 5.74) is 12.6. The van der Waals surface area contributed by atoms with Crippen molar-refractivity contribution in [1.82, 2.24) is 67.6 Å². The van der Waals surface area contributed by atoms with Crippen molar-refractivity contribution in [2.24, 2.45) is 33.9 Å². The fourth-order valence-corrected chi connectivity index (χ4v) is 7.85. The van der Waals surface area contributed by atoms with E-state index in [2.05, 4.69) is 62.2 Å². The van der Waals surface area contributed by atoms with Gasteiger partial charge in [-0.25, -0.2) is 34.3 Å². The van der Waals surface area contributed by atoms with E-state index in [0.717, 1.165) is 60.4 Å². The van der Waals surface area contributed by atoms with E-state index in [1.165, 1.54) is 63.2 Å². The van der Waals surface area contributed by atoms with Crippen molar-refractivity contribution in [3.8, 4) is 0 Å². The number of amides is 1. The molecule has 86 heavy (non-hydrogen) atoms. The Labute approximate surface area is 510 Å². The van der Waals surface area contributed by atoms with Crippen LogP contribution in [0, 0.1) is 34.6 Å². The van der Waals surface area contributed by atoms with E-state index in [1.807, 2.05) is 129 Å². The highest BCUT2D eigenvalue weighted by molar-refractivity contribution is 9.10. The number of aryl methyl sites for hydroxylation is 8. The molecule has 0 aromatic carbocycles. The lowest BCUT2D eigenvalue weighted by molar-refractivity contribution is -0.137. The molecule has 26 heteroatoms. The van der Waals surface area contributed by atoms with Gasteiger partial charge in [-0.2, -0.15) is 0 Å². The SMILES string of the molecule is Cc1ccc(Br)nc1.Cc1ccc(CCCC(=O)Cn2cnc3c2c(=O)n(C)c(=O)n3C)nc1.Cc1ccc(CCN)nc1.Cc1ccc(CCNC(=O)OC(C)(C)C)nc1.Cc1ccc(Cl)nc1.Cn1c(=O)c2c(ncn2CC(=O)O)n(C)c1=O. The van der Waals surface area contributed by atoms with Crippen LogP contribution in [-0.2, 0) is 74.9 Å². The van der Waals surface area contributed by atoms with Crippen LogP contribution in [0.25, 0.3) is 22.3 Å². The zero-order valence-electron chi connectivity index (χ0n) is 50.5. The summed E-state index contributed by atoms with van der Waals surface area (Å²) < 4.78 is 13.2. The number of Topliss-reactive ketones (excluding diaryl/α,β-unsaturated/α-hetero) is 1. The Kier molecular flexibility index (Phi) is 27.2. The topological polar surface area (TPSA) is 307 Å². The van der Waals surface area contributed by atoms with E-state index in [0.29, 0.717) is 37.5 Å². The molecular weight excluding hydrogens is 1190 g/mol. The molecule has 0 atom stereocenters. The van der Waals surface area contributed by atoms with Crippen molar-refractivity contribution in [3.05, 3.63) is 201 Å². The fraction of sp³-hybridized carbons (Fsp3) is 0.367. The number of aromatic nitrogens is 13. The van der Waals surface area contributed by atoms with E-state index in [-0.39, 0.29) is 47.3 Å². The number of carboxylic acid groups (broad SMARTS) is 1. The fourth-order valence-electron chi connectivity index (χ4n) is 7.51. The van der Waals surface area contributed by atoms with E-state index >= 15 is 0 Å². The summed E-state index contributed by atoms with van der Waals surface area (Å²) >= 11 is 8.73. The van der Waals surface area contributed by atoms with Gasteiger partial charge in [0.25, 0.3) is 11.1 Å². The summed E-state index contributed by atoms with van der Waals surface area (Å²) in [4.78, 5) is 111. The van der Waals surface area contributed by atoms with Crippen molar-refractivity contribution < 1.29 is 24.2 Å². The lowest BCUT2D eigenvalue weighted by Crippen LogP contribution is -2.37. The number of rotatable bonds is 13. The normalized spacial score (nSPS) is 10.6. The van der Waals surface area contributed by atoms with Gasteiger partial charge < -0.3 is 30.0 Å². The smallest absolute Gasteiger partial charge is 0.407 e. The number of carboxylic acids is 1. The van der Waals surface area contributed by atoms with Crippen LogP contribution in [0.2, 0.25) is 5.15 Å². The Balaban J connectivity index is 0.000000233. The van der Waals surface area contributed by atoms with Crippen LogP contribution in [0.5, 0.6) is 0 Å². The third kappa shape index (κ3) is 22.6. The van der Waals surface area contributed by atoms with Crippen molar-refractivity contribution in [2.75, 3.05) is 13.1 Å². The molecule has 0 spiro atoms. The molecule has 24 nitrogen and oxygen atoms in total. The van der Waals surface area contributed by atoms with E-state index in [9.17, 15) is 33.6 Å². The second-order valence-electron chi connectivity index (χ2n) is 20.8. The standard InChI is InChI=1S/C18H21N5O3.C13H20N2O2.C9H10N4O4.C8H12N2.C6H6BrN.C6H6ClN/c1-12-7-8-13(19-9-12)5-4-6-14(24)10-23-11-20-16-15(23)17(25)22(3)18(26)21(16)2;1-10-5-6-11(15-9-10)7-8-14-12(16)17-13(2,3)4;1-11-7-6(8(16)12(2)9(11)17)13(4-10-7)3-5(14)15;1-7-2-3-8(4-5-9)10-6-7;2*1-5-2-3-6(7)8-4-5/h7-9,11H,4-6,10H2,1-3H3;5-6,9H,7-8H2,1-4H3,(H,14,16);4H,3H2,1-2H3,(H,14,15);2-3,6H,4-5,9H2,1H3;2*2-4H,1H3. The third-order valence-electron chi connectivity index (χ3n) is 12.1. The zero-order chi connectivity index (χ0) is 63.8. The molecule has 0 saturated heterocycles. The lowest BCUT2D eigenvalue weighted by atomic mass is 10.1. The summed E-state index contributed by atoms with van der Waals surface area (Å²) in [6, 6.07) is 19.6. The first-order chi connectivity index (χ1) is 40.6. The Morgan fingerprint density at radius 2 is 1.00 bits per heavy atom. The number of hydrogen-bond acceptors (Lipinski definition) is 16. The number of hydrogen-bond donors (Lipinski definition) is 3. The van der Waals surface area contributed by atoms with Gasteiger partial charge in [0.05, 0.1) is 19.2 Å². The molecule has 0 fully saturated rings. The highest BCUT2D eigenvalue weighted by atomic mass is 79.9. The molecule has 9 aromatic heterocycles. The maximum absolute atomic E-state index is 12.4. The number of ketones is 1. The van der Waals surface area contributed by atoms with Crippen LogP contribution in [0.1, 0.15) is 78.5 Å². The van der Waals surface area contributed by atoms with Gasteiger partial charge in [-0.05, 0) is 149 Å². The second-order valence-corrected chi connectivity index (χ2v) is 22.0. The minimum absolute atomic E-state index is 0.00678. The number of fused-ring (bicyclic) bond motifs is 2. The van der Waals surface area contributed by atoms with Gasteiger partial charge in [-0.3, -0.25) is 52.4 Å². The number of nitrogens with two attached hydrogens (primary N) is 1. The zero-order valence-corrected chi connectivity index (χ0v) is 52.9. The summed E-state index contributed by atoms with van der Waals surface area (Å²) in [7, 11) is 5.78. The predicted octanol–water partition coefficient (Wildman–Crippen LogP) is 6.79. The molecule has 1 amide bonds. The number of alkyl carbamates (subject to hydrolysis) is 1. The van der Waals surface area contributed by atoms with E-state index < -0.39 is 34.1 Å². The summed E-state index contributed by atoms with van der Waals surface area (Å²) in [6.45, 7) is 16.4. The van der Waals surface area contributed by atoms with Crippen molar-refractivity contribution in [3.63, 3.8) is 0 Å². The van der Waals surface area contributed by atoms with E-state index in [1.54, 1.807) is 19.3 Å². The average molecular weight is 1270 g/mol. The molecule has 9 heterocycles. The molecule has 9 rings (SSSR count). The molecule has 9 aromatic rings. The van der Waals surface area contributed by atoms with Crippen LogP contribution < -0.4 is 33.5 Å². The quantitative estimate of drug-likeness (QED) is 0.100. The van der Waals surface area contributed by atoms with Gasteiger partial charge >= 0.3 is 23.4 Å². The van der Waals surface area contributed by atoms with Crippen LogP contribution in [-0.4, -0.2) is 104 Å². The largest absolute Gasteiger partial charge is 0.480 e. The van der Waals surface area contributed by atoms with Gasteiger partial charge in [-0.15, -0.1) is 0 Å². The van der Waals surface area contributed by atoms with Gasteiger partial charge in [-0.1, -0.05) is 41.9 Å². The number of halogens is 2. The molecular formula is C60H75BrClN15O9. The Morgan fingerprint density at radius 3 is 1.37 bits per heavy atom. The highest BCUT2D eigenvalue weighted by Gasteiger charge is 2.18. The first-order valence-corrected chi connectivity index (χ1v) is 28.3. The maximum Gasteiger partial charge on any atom is 0.407 e. The molecule has 458 valence electrons. The minimum Gasteiger partial charge on any atom is -0.480 e. The van der Waals surface area contributed by atoms with Gasteiger partial charge in [0.15, 0.2) is 28.1 Å². The van der Waals surface area contributed by atoms with Crippen LogP contribution in [0.4, 0.5) is 4.79 Å². The monoisotopic (exact) mass is 1260 g/mol. The lowest BCUT2D eigenvalue weighted by Gasteiger charge is -2.19.